The van der Waals surface area contributed by atoms with E-state index in [0.717, 1.165) is 0 Å². The Bertz CT molecular complexity index is 584. The predicted molar refractivity (Wildman–Crippen MR) is 74.8 cm³/mol. The van der Waals surface area contributed by atoms with Crippen LogP contribution in [0.2, 0.25) is 5.02 Å². The van der Waals surface area contributed by atoms with Crippen molar-refractivity contribution in [3.63, 3.8) is 0 Å². The van der Waals surface area contributed by atoms with E-state index in [0.29, 0.717) is 22.3 Å². The third-order valence-corrected chi connectivity index (χ3v) is 2.86. The molecule has 0 fully saturated rings. The molecule has 1 aromatic carbocycles. The molecular weight excluding hydrogens is 264 g/mol. The number of carbonyl (C=O) groups excluding carboxylic acids is 1. The van der Waals surface area contributed by atoms with Gasteiger partial charge in [-0.3, -0.25) is 4.79 Å². The Hall–Kier alpha value is -2.07. The second-order valence-electron chi connectivity index (χ2n) is 3.96. The van der Waals surface area contributed by atoms with Crippen LogP contribution in [0.25, 0.3) is 0 Å². The lowest BCUT2D eigenvalue weighted by Crippen LogP contribution is -2.23. The zero-order valence-electron chi connectivity index (χ0n) is 10.6. The summed E-state index contributed by atoms with van der Waals surface area (Å²) in [5.41, 5.74) is 0.616. The number of nitrogens with zero attached hydrogens (tertiary/aromatic N) is 2. The van der Waals surface area contributed by atoms with Gasteiger partial charge in [-0.2, -0.15) is 0 Å². The van der Waals surface area contributed by atoms with Crippen molar-refractivity contribution in [3.05, 3.63) is 47.6 Å². The maximum Gasteiger partial charge on any atom is 0.243 e. The Kier molecular flexibility index (Phi) is 4.02. The summed E-state index contributed by atoms with van der Waals surface area (Å²) in [6.07, 6.45) is 1.61. The highest BCUT2D eigenvalue weighted by Gasteiger charge is 2.13. The molecular formula is C14H13ClN2O2. The summed E-state index contributed by atoms with van der Waals surface area (Å²) >= 11 is 5.81. The highest BCUT2D eigenvalue weighted by Crippen LogP contribution is 2.29. The third kappa shape index (κ3) is 3.23. The van der Waals surface area contributed by atoms with Crippen LogP contribution in [0.4, 0.5) is 5.69 Å². The number of ether oxygens (including phenoxy) is 1. The van der Waals surface area contributed by atoms with Gasteiger partial charge in [-0.25, -0.2) is 4.98 Å². The fourth-order valence-electron chi connectivity index (χ4n) is 1.50. The molecule has 0 radical (unpaired) electrons. The standard InChI is InChI=1S/C14H13ClN2O2/c1-10(18)17(2)13-4-3-9-16-14(13)19-12-7-5-11(15)6-8-12/h3-9H,1-2H3. The molecule has 1 heterocycles. The minimum atomic E-state index is -0.0889. The van der Waals surface area contributed by atoms with Crippen molar-refractivity contribution in [1.29, 1.82) is 0 Å². The molecule has 0 unspecified atom stereocenters. The van der Waals surface area contributed by atoms with Crippen LogP contribution in [0.3, 0.4) is 0 Å². The topological polar surface area (TPSA) is 42.4 Å². The fraction of sp³-hybridized carbons (Fsp3) is 0.143. The number of amides is 1. The summed E-state index contributed by atoms with van der Waals surface area (Å²) in [5, 5.41) is 0.634. The lowest BCUT2D eigenvalue weighted by molar-refractivity contribution is -0.116. The van der Waals surface area contributed by atoms with Crippen LogP contribution in [0.5, 0.6) is 11.6 Å². The number of halogens is 1. The lowest BCUT2D eigenvalue weighted by Gasteiger charge is -2.17. The average molecular weight is 277 g/mol. The van der Waals surface area contributed by atoms with Crippen LogP contribution in [-0.2, 0) is 4.79 Å². The van der Waals surface area contributed by atoms with Crippen molar-refractivity contribution in [2.75, 3.05) is 11.9 Å². The molecule has 0 N–H and O–H groups in total. The number of benzene rings is 1. The molecule has 98 valence electrons. The number of anilines is 1. The van der Waals surface area contributed by atoms with Crippen molar-refractivity contribution in [2.45, 2.75) is 6.92 Å². The molecule has 2 rings (SSSR count). The van der Waals surface area contributed by atoms with E-state index in [2.05, 4.69) is 4.98 Å². The Morgan fingerprint density at radius 3 is 2.58 bits per heavy atom. The van der Waals surface area contributed by atoms with Gasteiger partial charge in [0.2, 0.25) is 11.8 Å². The molecule has 0 bridgehead atoms. The van der Waals surface area contributed by atoms with Gasteiger partial charge in [0.25, 0.3) is 0 Å². The largest absolute Gasteiger partial charge is 0.437 e. The lowest BCUT2D eigenvalue weighted by atomic mass is 10.3. The predicted octanol–water partition coefficient (Wildman–Crippen LogP) is 3.51. The second-order valence-corrected chi connectivity index (χ2v) is 4.40. The Morgan fingerprint density at radius 1 is 1.26 bits per heavy atom. The molecule has 5 heteroatoms. The monoisotopic (exact) mass is 276 g/mol. The molecule has 2 aromatic rings. The first-order valence-corrected chi connectivity index (χ1v) is 6.08. The van der Waals surface area contributed by atoms with Crippen molar-refractivity contribution >= 4 is 23.2 Å². The van der Waals surface area contributed by atoms with Gasteiger partial charge in [0.1, 0.15) is 11.4 Å². The molecule has 0 atom stereocenters. The number of carbonyl (C=O) groups is 1. The van der Waals surface area contributed by atoms with E-state index in [9.17, 15) is 4.79 Å². The van der Waals surface area contributed by atoms with Crippen LogP contribution >= 0.6 is 11.6 Å². The molecule has 0 saturated carbocycles. The number of hydrogen-bond acceptors (Lipinski definition) is 3. The van der Waals surface area contributed by atoms with Crippen LogP contribution in [0, 0.1) is 0 Å². The normalized spacial score (nSPS) is 10.1. The summed E-state index contributed by atoms with van der Waals surface area (Å²) < 4.78 is 5.67. The van der Waals surface area contributed by atoms with Gasteiger partial charge in [-0.05, 0) is 36.4 Å². The van der Waals surface area contributed by atoms with Gasteiger partial charge >= 0.3 is 0 Å². The number of pyridine rings is 1. The smallest absolute Gasteiger partial charge is 0.243 e. The van der Waals surface area contributed by atoms with E-state index in [4.69, 9.17) is 16.3 Å². The van der Waals surface area contributed by atoms with Gasteiger partial charge in [0.05, 0.1) is 0 Å². The Morgan fingerprint density at radius 2 is 1.95 bits per heavy atom. The SMILES string of the molecule is CC(=O)N(C)c1cccnc1Oc1ccc(Cl)cc1. The number of aromatic nitrogens is 1. The number of hydrogen-bond donors (Lipinski definition) is 0. The maximum atomic E-state index is 11.4. The first kappa shape index (κ1) is 13.4. The van der Waals surface area contributed by atoms with Crippen LogP contribution in [0.1, 0.15) is 6.92 Å². The highest BCUT2D eigenvalue weighted by atomic mass is 35.5. The summed E-state index contributed by atoms with van der Waals surface area (Å²) in [6, 6.07) is 10.5. The molecule has 0 aliphatic heterocycles. The van der Waals surface area contributed by atoms with Gasteiger partial charge in [-0.15, -0.1) is 0 Å². The van der Waals surface area contributed by atoms with E-state index < -0.39 is 0 Å². The van der Waals surface area contributed by atoms with E-state index in [1.807, 2.05) is 0 Å². The second kappa shape index (κ2) is 5.71. The van der Waals surface area contributed by atoms with E-state index >= 15 is 0 Å². The van der Waals surface area contributed by atoms with Gasteiger partial charge in [0, 0.05) is 25.2 Å². The summed E-state index contributed by atoms with van der Waals surface area (Å²) in [6.45, 7) is 1.49. The van der Waals surface area contributed by atoms with E-state index in [1.54, 1.807) is 49.6 Å². The van der Waals surface area contributed by atoms with E-state index in [1.165, 1.54) is 11.8 Å². The Labute approximate surface area is 116 Å². The van der Waals surface area contributed by atoms with Crippen LogP contribution in [0.15, 0.2) is 42.6 Å². The van der Waals surface area contributed by atoms with Gasteiger partial charge < -0.3 is 9.64 Å². The minimum Gasteiger partial charge on any atom is -0.437 e. The van der Waals surface area contributed by atoms with Crippen molar-refractivity contribution in [1.82, 2.24) is 4.98 Å². The third-order valence-electron chi connectivity index (χ3n) is 2.61. The first-order chi connectivity index (χ1) is 9.08. The molecule has 0 saturated heterocycles. The van der Waals surface area contributed by atoms with E-state index in [-0.39, 0.29) is 5.91 Å². The molecule has 0 aliphatic carbocycles. The van der Waals surface area contributed by atoms with Crippen molar-refractivity contribution in [2.24, 2.45) is 0 Å². The highest BCUT2D eigenvalue weighted by molar-refractivity contribution is 6.30. The molecule has 0 aliphatic rings. The summed E-state index contributed by atoms with van der Waals surface area (Å²) in [5.74, 6) is 0.901. The molecule has 1 amide bonds. The average Bonchev–Trinajstić information content (AvgIpc) is 2.41. The Balaban J connectivity index is 2.30. The van der Waals surface area contributed by atoms with Crippen molar-refractivity contribution < 1.29 is 9.53 Å². The molecule has 1 aromatic heterocycles. The summed E-state index contributed by atoms with van der Waals surface area (Å²) in [7, 11) is 1.67. The molecule has 0 spiro atoms. The number of rotatable bonds is 3. The van der Waals surface area contributed by atoms with Crippen molar-refractivity contribution in [3.8, 4) is 11.6 Å². The molecule has 19 heavy (non-hydrogen) atoms. The fourth-order valence-corrected chi connectivity index (χ4v) is 1.63. The first-order valence-electron chi connectivity index (χ1n) is 5.70. The summed E-state index contributed by atoms with van der Waals surface area (Å²) in [4.78, 5) is 17.1. The van der Waals surface area contributed by atoms with Crippen LogP contribution in [-0.4, -0.2) is 17.9 Å². The van der Waals surface area contributed by atoms with Gasteiger partial charge in [0.15, 0.2) is 0 Å². The van der Waals surface area contributed by atoms with Gasteiger partial charge in [-0.1, -0.05) is 11.6 Å². The van der Waals surface area contributed by atoms with Crippen LogP contribution < -0.4 is 9.64 Å². The minimum absolute atomic E-state index is 0.0889. The zero-order valence-corrected chi connectivity index (χ0v) is 11.4. The quantitative estimate of drug-likeness (QED) is 0.861. The molecule has 4 nitrogen and oxygen atoms in total. The maximum absolute atomic E-state index is 11.4. The zero-order chi connectivity index (χ0) is 13.8.